The lowest BCUT2D eigenvalue weighted by Crippen LogP contribution is -2.22. The maximum atomic E-state index is 12.2. The number of hydrogen-bond donors (Lipinski definition) is 5. The topological polar surface area (TPSA) is 154 Å². The Morgan fingerprint density at radius 3 is 1.02 bits per heavy atom. The summed E-state index contributed by atoms with van der Waals surface area (Å²) < 4.78 is 34.8. The lowest BCUT2D eigenvalue weighted by atomic mass is 9.76. The van der Waals surface area contributed by atoms with E-state index in [0.29, 0.717) is 11.1 Å². The van der Waals surface area contributed by atoms with Gasteiger partial charge in [-0.05, 0) is 44.9 Å². The minimum atomic E-state index is -5.08. The molecule has 0 aromatic heterocycles. The first-order valence-electron chi connectivity index (χ1n) is 13.1. The fourth-order valence-electron chi connectivity index (χ4n) is 4.30. The van der Waals surface area contributed by atoms with E-state index in [0.717, 1.165) is 11.1 Å². The highest BCUT2D eigenvalue weighted by Gasteiger charge is 2.36. The molecule has 2 aromatic rings. The van der Waals surface area contributed by atoms with Crippen molar-refractivity contribution < 1.29 is 42.9 Å². The van der Waals surface area contributed by atoms with Crippen molar-refractivity contribution in [3.05, 3.63) is 57.6 Å². The average Bonchev–Trinajstić information content (AvgIpc) is 2.67. The Morgan fingerprint density at radius 1 is 0.550 bits per heavy atom. The first kappa shape index (κ1) is 34.5. The average molecular weight is 601 g/mol. The van der Waals surface area contributed by atoms with Gasteiger partial charge >= 0.3 is 15.6 Å². The third-order valence-electron chi connectivity index (χ3n) is 6.59. The van der Waals surface area contributed by atoms with Crippen LogP contribution in [-0.2, 0) is 30.8 Å². The minimum absolute atomic E-state index is 0.0437. The zero-order valence-electron chi connectivity index (χ0n) is 25.7. The summed E-state index contributed by atoms with van der Waals surface area (Å²) >= 11 is 0. The first-order valence-corrected chi connectivity index (χ1v) is 16.1. The Morgan fingerprint density at radius 2 is 0.825 bits per heavy atom. The fraction of sp³-hybridized carbons (Fsp3) is 0.586. The lowest BCUT2D eigenvalue weighted by Gasteiger charge is -2.33. The molecule has 0 aliphatic heterocycles. The van der Waals surface area contributed by atoms with Gasteiger partial charge in [-0.3, -0.25) is 19.6 Å². The largest absolute Gasteiger partial charge is 0.524 e. The Kier molecular flexibility index (Phi) is 9.36. The van der Waals surface area contributed by atoms with Crippen LogP contribution in [0.2, 0.25) is 0 Å². The van der Waals surface area contributed by atoms with Gasteiger partial charge in [0.05, 0.1) is 0 Å². The SMILES string of the molecule is CC(C)(C)c1cc(C(O)c2cc(C(C)(C)C)cc(C(C)(C)C)c2OP(=O)(O)O)c(OP(=O)(O)O)c(C(C)(C)C)c1. The molecule has 0 atom stereocenters. The van der Waals surface area contributed by atoms with Crippen molar-refractivity contribution in [3.63, 3.8) is 0 Å². The van der Waals surface area contributed by atoms with Gasteiger partial charge in [-0.25, -0.2) is 9.13 Å². The number of aliphatic hydroxyl groups excluding tert-OH is 1. The minimum Gasteiger partial charge on any atom is -0.404 e. The molecule has 0 aliphatic carbocycles. The molecule has 0 radical (unpaired) electrons. The van der Waals surface area contributed by atoms with Crippen molar-refractivity contribution >= 4 is 15.6 Å². The molecule has 0 heterocycles. The second-order valence-electron chi connectivity index (χ2n) is 14.5. The molecule has 0 aliphatic rings. The molecule has 9 nitrogen and oxygen atoms in total. The summed E-state index contributed by atoms with van der Waals surface area (Å²) in [5.74, 6) is -0.385. The van der Waals surface area contributed by atoms with Crippen LogP contribution in [0.5, 0.6) is 11.5 Å². The van der Waals surface area contributed by atoms with Crippen LogP contribution in [0.15, 0.2) is 24.3 Å². The van der Waals surface area contributed by atoms with Crippen LogP contribution in [0.25, 0.3) is 0 Å². The van der Waals surface area contributed by atoms with Gasteiger partial charge in [0, 0.05) is 22.3 Å². The van der Waals surface area contributed by atoms with Crippen molar-refractivity contribution in [2.75, 3.05) is 0 Å². The highest BCUT2D eigenvalue weighted by atomic mass is 31.2. The first-order chi connectivity index (χ1) is 17.5. The third kappa shape index (κ3) is 8.65. The van der Waals surface area contributed by atoms with Gasteiger partial charge in [-0.2, -0.15) is 0 Å². The van der Waals surface area contributed by atoms with Gasteiger partial charge < -0.3 is 14.2 Å². The number of benzene rings is 2. The van der Waals surface area contributed by atoms with Crippen LogP contribution in [-0.4, -0.2) is 24.7 Å². The molecule has 0 saturated heterocycles. The van der Waals surface area contributed by atoms with Gasteiger partial charge in [0.1, 0.15) is 17.6 Å². The molecular weight excluding hydrogens is 554 g/mol. The summed E-state index contributed by atoms with van der Waals surface area (Å²) in [4.78, 5) is 39.4. The summed E-state index contributed by atoms with van der Waals surface area (Å²) in [5, 5.41) is 12.0. The predicted molar refractivity (Wildman–Crippen MR) is 157 cm³/mol. The lowest BCUT2D eigenvalue weighted by molar-refractivity contribution is 0.207. The van der Waals surface area contributed by atoms with Crippen LogP contribution < -0.4 is 9.05 Å². The maximum Gasteiger partial charge on any atom is 0.524 e. The van der Waals surface area contributed by atoms with E-state index in [4.69, 9.17) is 9.05 Å². The van der Waals surface area contributed by atoms with Crippen LogP contribution in [0.1, 0.15) is 123 Å². The predicted octanol–water partition coefficient (Wildman–Crippen LogP) is 6.90. The molecule has 2 aromatic carbocycles. The van der Waals surface area contributed by atoms with E-state index in [9.17, 15) is 33.8 Å². The van der Waals surface area contributed by atoms with Crippen molar-refractivity contribution in [1.82, 2.24) is 0 Å². The molecule has 0 unspecified atom stereocenters. The molecule has 226 valence electrons. The molecule has 40 heavy (non-hydrogen) atoms. The smallest absolute Gasteiger partial charge is 0.404 e. The quantitative estimate of drug-likeness (QED) is 0.223. The standard InChI is InChI=1S/C29H46O9P2/c1-26(2,3)17-13-19(24(37-39(31,32)33)21(15-17)28(7,8)9)23(30)20-14-18(27(4,5)6)16-22(29(10,11)12)25(20)38-40(34,35)36/h13-16,23,30H,1-12H3,(H2,31,32,33)(H2,34,35,36). The summed E-state index contributed by atoms with van der Waals surface area (Å²) in [6.07, 6.45) is -1.63. The van der Waals surface area contributed by atoms with Crippen LogP contribution in [0, 0.1) is 0 Å². The van der Waals surface area contributed by atoms with Gasteiger partial charge in [-0.15, -0.1) is 0 Å². The van der Waals surface area contributed by atoms with Crippen LogP contribution >= 0.6 is 15.6 Å². The van der Waals surface area contributed by atoms with Crippen LogP contribution in [0.4, 0.5) is 0 Å². The number of rotatable bonds is 6. The van der Waals surface area contributed by atoms with Gasteiger partial charge in [0.25, 0.3) is 0 Å². The molecule has 5 N–H and O–H groups in total. The van der Waals surface area contributed by atoms with Crippen molar-refractivity contribution in [2.45, 2.75) is 111 Å². The second-order valence-corrected chi connectivity index (χ2v) is 16.8. The Bertz CT molecular complexity index is 1240. The number of aliphatic hydroxyl groups is 1. The number of phosphoric ester groups is 2. The highest BCUT2D eigenvalue weighted by Crippen LogP contribution is 2.52. The van der Waals surface area contributed by atoms with Crippen molar-refractivity contribution in [2.24, 2.45) is 0 Å². The van der Waals surface area contributed by atoms with Crippen molar-refractivity contribution in [3.8, 4) is 11.5 Å². The van der Waals surface area contributed by atoms with Gasteiger partial charge in [0.15, 0.2) is 0 Å². The monoisotopic (exact) mass is 600 g/mol. The van der Waals surface area contributed by atoms with Crippen molar-refractivity contribution in [1.29, 1.82) is 0 Å². The van der Waals surface area contributed by atoms with Gasteiger partial charge in [0.2, 0.25) is 0 Å². The molecular formula is C29H46O9P2. The van der Waals surface area contributed by atoms with E-state index in [-0.39, 0.29) is 22.6 Å². The molecule has 0 spiro atoms. The maximum absolute atomic E-state index is 12.2. The van der Waals surface area contributed by atoms with Gasteiger partial charge in [-0.1, -0.05) is 95.2 Å². The zero-order chi connectivity index (χ0) is 31.4. The van der Waals surface area contributed by atoms with E-state index in [2.05, 4.69) is 0 Å². The molecule has 0 bridgehead atoms. The Labute approximate surface area is 238 Å². The number of phosphoric acid groups is 2. The second kappa shape index (κ2) is 10.9. The molecule has 11 heteroatoms. The zero-order valence-corrected chi connectivity index (χ0v) is 27.4. The third-order valence-corrected chi connectivity index (χ3v) is 7.43. The van der Waals surface area contributed by atoms with E-state index in [1.165, 1.54) is 0 Å². The molecule has 0 fully saturated rings. The normalized spacial score (nSPS) is 14.1. The summed E-state index contributed by atoms with van der Waals surface area (Å²) in [5.41, 5.74) is 0.369. The Hall–Kier alpha value is -1.70. The van der Waals surface area contributed by atoms with Crippen LogP contribution in [0.3, 0.4) is 0 Å². The molecule has 2 rings (SSSR count). The van der Waals surface area contributed by atoms with E-state index in [1.54, 1.807) is 24.3 Å². The fourth-order valence-corrected chi connectivity index (χ4v) is 5.18. The summed E-state index contributed by atoms with van der Waals surface area (Å²) in [7, 11) is -10.2. The summed E-state index contributed by atoms with van der Waals surface area (Å²) in [6, 6.07) is 6.85. The van der Waals surface area contributed by atoms with E-state index < -0.39 is 43.4 Å². The molecule has 0 amide bonds. The Balaban J connectivity index is 3.18. The summed E-state index contributed by atoms with van der Waals surface area (Å²) in [6.45, 7) is 23.0. The molecule has 0 saturated carbocycles. The number of hydrogen-bond acceptors (Lipinski definition) is 5. The highest BCUT2D eigenvalue weighted by molar-refractivity contribution is 7.47. The van der Waals surface area contributed by atoms with E-state index in [1.807, 2.05) is 83.1 Å². The van der Waals surface area contributed by atoms with E-state index >= 15 is 0 Å².